The van der Waals surface area contributed by atoms with E-state index in [1.165, 1.54) is 108 Å². The molecular weight excluding hydrogens is 795 g/mol. The molecule has 1 nitrogen and oxygen atoms in total. The number of nitrogens with zero attached hydrogens (tertiary/aromatic N) is 1. The number of benzene rings is 9. The molecule has 0 saturated carbocycles. The molecule has 0 amide bonds. The van der Waals surface area contributed by atoms with E-state index in [2.05, 4.69) is 243 Å². The molecule has 9 aromatic rings. The van der Waals surface area contributed by atoms with Gasteiger partial charge in [-0.3, -0.25) is 0 Å². The smallest absolute Gasteiger partial charge is 0.0720 e. The van der Waals surface area contributed by atoms with Gasteiger partial charge >= 0.3 is 0 Å². The SMILES string of the molecule is CC1(C)c2ccccc2-c2ccc(N(c3ccc(C4=CCCCC4)cc3)c3cccc(C4(c5ccccc5)c5ccccc5C5(c6ccccc6)c6ccccc6-c6cccc4c65)c3)cc21. The number of anilines is 3. The van der Waals surface area contributed by atoms with E-state index in [1.807, 2.05) is 0 Å². The summed E-state index contributed by atoms with van der Waals surface area (Å²) in [6.45, 7) is 4.77. The normalized spacial score (nSPS) is 19.2. The molecule has 9 aromatic carbocycles. The maximum atomic E-state index is 2.51. The number of hydrogen-bond donors (Lipinski definition) is 0. The first-order valence-electron chi connectivity index (χ1n) is 23.9. The zero-order chi connectivity index (χ0) is 44.0. The lowest BCUT2D eigenvalue weighted by Crippen LogP contribution is -2.44. The molecule has 4 aliphatic rings. The molecule has 4 aliphatic carbocycles. The Balaban J connectivity index is 1.08. The Hall–Kier alpha value is -7.48. The summed E-state index contributed by atoms with van der Waals surface area (Å²) in [6, 6.07) is 83.3. The Labute approximate surface area is 389 Å². The van der Waals surface area contributed by atoms with Crippen LogP contribution in [0.5, 0.6) is 0 Å². The molecule has 0 aliphatic heterocycles. The van der Waals surface area contributed by atoms with Crippen LogP contribution >= 0.6 is 0 Å². The van der Waals surface area contributed by atoms with Crippen LogP contribution in [0.4, 0.5) is 17.1 Å². The third-order valence-electron chi connectivity index (χ3n) is 15.8. The van der Waals surface area contributed by atoms with Gasteiger partial charge in [-0.05, 0) is 151 Å². The lowest BCUT2D eigenvalue weighted by molar-refractivity contribution is 0.627. The topological polar surface area (TPSA) is 3.24 Å². The van der Waals surface area contributed by atoms with Crippen molar-refractivity contribution in [2.45, 2.75) is 55.8 Å². The molecule has 0 fully saturated rings. The van der Waals surface area contributed by atoms with Crippen molar-refractivity contribution in [1.29, 1.82) is 0 Å². The van der Waals surface area contributed by atoms with E-state index in [9.17, 15) is 0 Å². The summed E-state index contributed by atoms with van der Waals surface area (Å²) in [4.78, 5) is 2.51. The van der Waals surface area contributed by atoms with E-state index < -0.39 is 10.8 Å². The maximum Gasteiger partial charge on any atom is 0.0720 e. The van der Waals surface area contributed by atoms with Crippen LogP contribution in [0.2, 0.25) is 0 Å². The summed E-state index contributed by atoms with van der Waals surface area (Å²) in [7, 11) is 0. The lowest BCUT2D eigenvalue weighted by Gasteiger charge is -2.49. The van der Waals surface area contributed by atoms with Crippen LogP contribution in [-0.4, -0.2) is 0 Å². The highest BCUT2D eigenvalue weighted by molar-refractivity contribution is 5.92. The monoisotopic (exact) mass is 845 g/mol. The Morgan fingerprint density at radius 1 is 0.364 bits per heavy atom. The number of fused-ring (bicyclic) bond motifs is 8. The molecule has 2 atom stereocenters. The fourth-order valence-electron chi connectivity index (χ4n) is 12.9. The number of allylic oxidation sites excluding steroid dienone is 2. The first-order valence-corrected chi connectivity index (χ1v) is 23.9. The Morgan fingerprint density at radius 2 is 0.894 bits per heavy atom. The van der Waals surface area contributed by atoms with Crippen LogP contribution in [0.1, 0.15) is 101 Å². The van der Waals surface area contributed by atoms with Crippen LogP contribution < -0.4 is 4.90 Å². The second-order valence-electron chi connectivity index (χ2n) is 19.4. The summed E-state index contributed by atoms with van der Waals surface area (Å²) in [6.07, 6.45) is 7.31. The van der Waals surface area contributed by atoms with E-state index in [-0.39, 0.29) is 5.41 Å². The van der Waals surface area contributed by atoms with Crippen molar-refractivity contribution < 1.29 is 0 Å². The maximum absolute atomic E-state index is 2.51. The summed E-state index contributed by atoms with van der Waals surface area (Å²) in [5, 5.41) is 0. The Morgan fingerprint density at radius 3 is 1.61 bits per heavy atom. The van der Waals surface area contributed by atoms with Crippen LogP contribution in [0.3, 0.4) is 0 Å². The van der Waals surface area contributed by atoms with Crippen LogP contribution in [-0.2, 0) is 16.2 Å². The second-order valence-corrected chi connectivity index (χ2v) is 19.4. The standard InChI is InChI=1S/C65H51N/c1-63(2)56-31-14-12-28-52(56)54-41-40-51(43-61(54)63)66(49-38-36-45(37-39-49)44-20-6-3-7-21-44)50-27-18-26-48(42-50)64(46-22-8-4-9-23-46)58-33-16-17-34-59(58)65(47-24-10-5-11-25-47)57-32-15-13-29-53(57)55-30-19-35-60(64)62(55)65/h4-5,8-20,22-43H,3,6-7,21H2,1-2H3. The lowest BCUT2D eigenvalue weighted by atomic mass is 9.51. The highest BCUT2D eigenvalue weighted by Crippen LogP contribution is 2.66. The third-order valence-corrected chi connectivity index (χ3v) is 15.8. The zero-order valence-electron chi connectivity index (χ0n) is 37.6. The molecule has 0 heterocycles. The van der Waals surface area contributed by atoms with Crippen molar-refractivity contribution in [3.63, 3.8) is 0 Å². The first-order chi connectivity index (χ1) is 32.5. The van der Waals surface area contributed by atoms with Crippen molar-refractivity contribution in [2.24, 2.45) is 0 Å². The van der Waals surface area contributed by atoms with E-state index in [0.29, 0.717) is 0 Å². The van der Waals surface area contributed by atoms with Crippen molar-refractivity contribution in [2.75, 3.05) is 4.90 Å². The molecule has 0 bridgehead atoms. The van der Waals surface area contributed by atoms with Gasteiger partial charge in [0.15, 0.2) is 0 Å². The van der Waals surface area contributed by atoms with Crippen LogP contribution in [0, 0.1) is 0 Å². The molecular formula is C65H51N. The van der Waals surface area contributed by atoms with Gasteiger partial charge in [0.2, 0.25) is 0 Å². The minimum Gasteiger partial charge on any atom is -0.310 e. The van der Waals surface area contributed by atoms with Crippen molar-refractivity contribution in [1.82, 2.24) is 0 Å². The molecule has 1 heteroatoms. The molecule has 0 radical (unpaired) electrons. The minimum absolute atomic E-state index is 0.132. The highest BCUT2D eigenvalue weighted by Gasteiger charge is 2.57. The first kappa shape index (κ1) is 38.9. The highest BCUT2D eigenvalue weighted by atomic mass is 15.1. The van der Waals surface area contributed by atoms with E-state index in [1.54, 1.807) is 0 Å². The fraction of sp³-hybridized carbons (Fsp3) is 0.138. The van der Waals surface area contributed by atoms with Crippen molar-refractivity contribution >= 4 is 22.6 Å². The molecule has 0 saturated heterocycles. The summed E-state index contributed by atoms with van der Waals surface area (Å²) in [5.41, 5.74) is 23.5. The quantitative estimate of drug-likeness (QED) is 0.154. The molecule has 13 rings (SSSR count). The van der Waals surface area contributed by atoms with Gasteiger partial charge in [0.25, 0.3) is 0 Å². The second kappa shape index (κ2) is 14.8. The third kappa shape index (κ3) is 5.35. The van der Waals surface area contributed by atoms with Gasteiger partial charge in [-0.15, -0.1) is 0 Å². The van der Waals surface area contributed by atoms with Crippen molar-refractivity contribution in [3.05, 3.63) is 286 Å². The molecule has 0 aromatic heterocycles. The molecule has 2 unspecified atom stereocenters. The van der Waals surface area contributed by atoms with Gasteiger partial charge < -0.3 is 4.90 Å². The minimum atomic E-state index is -0.649. The molecule has 316 valence electrons. The average molecular weight is 846 g/mol. The Kier molecular flexibility index (Phi) is 8.72. The zero-order valence-corrected chi connectivity index (χ0v) is 37.6. The van der Waals surface area contributed by atoms with Gasteiger partial charge in [-0.1, -0.05) is 202 Å². The van der Waals surface area contributed by atoms with Crippen LogP contribution in [0.25, 0.3) is 27.8 Å². The van der Waals surface area contributed by atoms with Gasteiger partial charge in [0.05, 0.1) is 10.8 Å². The number of hydrogen-bond acceptors (Lipinski definition) is 1. The summed E-state index contributed by atoms with van der Waals surface area (Å²) in [5.74, 6) is 0. The fourth-order valence-corrected chi connectivity index (χ4v) is 12.9. The van der Waals surface area contributed by atoms with Gasteiger partial charge in [0.1, 0.15) is 0 Å². The van der Waals surface area contributed by atoms with Gasteiger partial charge in [-0.25, -0.2) is 0 Å². The largest absolute Gasteiger partial charge is 0.310 e. The van der Waals surface area contributed by atoms with Gasteiger partial charge in [0, 0.05) is 22.5 Å². The molecule has 66 heavy (non-hydrogen) atoms. The van der Waals surface area contributed by atoms with E-state index >= 15 is 0 Å². The van der Waals surface area contributed by atoms with E-state index in [0.717, 1.165) is 23.5 Å². The number of rotatable bonds is 7. The predicted octanol–water partition coefficient (Wildman–Crippen LogP) is 16.5. The summed E-state index contributed by atoms with van der Waals surface area (Å²) < 4.78 is 0. The van der Waals surface area contributed by atoms with E-state index in [4.69, 9.17) is 0 Å². The predicted molar refractivity (Wildman–Crippen MR) is 274 cm³/mol. The molecule has 0 N–H and O–H groups in total. The molecule has 0 spiro atoms. The van der Waals surface area contributed by atoms with Crippen molar-refractivity contribution in [3.8, 4) is 22.3 Å². The average Bonchev–Trinajstić information content (AvgIpc) is 3.82. The van der Waals surface area contributed by atoms with Crippen LogP contribution in [0.15, 0.2) is 224 Å². The Bertz CT molecular complexity index is 3390. The summed E-state index contributed by atoms with van der Waals surface area (Å²) >= 11 is 0. The van der Waals surface area contributed by atoms with Gasteiger partial charge in [-0.2, -0.15) is 0 Å².